The summed E-state index contributed by atoms with van der Waals surface area (Å²) < 4.78 is 32.9. The van der Waals surface area contributed by atoms with E-state index in [2.05, 4.69) is 26.0 Å². The van der Waals surface area contributed by atoms with E-state index < -0.39 is 51.8 Å². The van der Waals surface area contributed by atoms with Crippen molar-refractivity contribution in [1.82, 2.24) is 0 Å². The van der Waals surface area contributed by atoms with Crippen molar-refractivity contribution in [3.8, 4) is 0 Å². The molecule has 0 saturated carbocycles. The fraction of sp³-hybridized carbons (Fsp3) is 0.926. The standard InChI is InChI=1S/C54H105O10P/c1-3-5-7-9-11-13-15-17-19-21-23-24-25-26-28-30-32-34-36-38-40-42-44-46-54(58)64-52(50-63-65(59,60)62-48-51(56)47-55)49-61-53(57)45-43-41-39-37-35-33-31-29-27-22-20-18-16-14-12-10-8-6-4-2/h38,40,51-52,55-56H,3-37,39,41-50H2,1-2H3,(H,59,60)/b40-38+/t51-,52+/m0/s1. The number of phosphoric acid groups is 1. The number of allylic oxidation sites excluding steroid dienone is 2. The fourth-order valence-corrected chi connectivity index (χ4v) is 8.97. The Morgan fingerprint density at radius 2 is 0.769 bits per heavy atom. The second-order valence-electron chi connectivity index (χ2n) is 19.0. The molecule has 0 heterocycles. The molecule has 0 bridgehead atoms. The first-order valence-corrected chi connectivity index (χ1v) is 29.1. The van der Waals surface area contributed by atoms with Crippen molar-refractivity contribution >= 4 is 19.8 Å². The minimum Gasteiger partial charge on any atom is -0.462 e. The van der Waals surface area contributed by atoms with E-state index in [0.717, 1.165) is 32.1 Å². The minimum atomic E-state index is -4.63. The molecule has 386 valence electrons. The number of esters is 2. The summed E-state index contributed by atoms with van der Waals surface area (Å²) in [6, 6.07) is 0. The van der Waals surface area contributed by atoms with Gasteiger partial charge in [-0.1, -0.05) is 251 Å². The van der Waals surface area contributed by atoms with Crippen LogP contribution in [0.1, 0.15) is 284 Å². The molecular formula is C54H105O10P. The van der Waals surface area contributed by atoms with Gasteiger partial charge in [0, 0.05) is 12.8 Å². The molecule has 0 aliphatic rings. The molecule has 0 aromatic carbocycles. The summed E-state index contributed by atoms with van der Waals surface area (Å²) in [6.07, 6.45) is 53.4. The van der Waals surface area contributed by atoms with E-state index in [0.29, 0.717) is 12.8 Å². The second kappa shape index (κ2) is 50.6. The predicted octanol–water partition coefficient (Wildman–Crippen LogP) is 15.9. The smallest absolute Gasteiger partial charge is 0.462 e. The molecule has 1 unspecified atom stereocenters. The Labute approximate surface area is 400 Å². The van der Waals surface area contributed by atoms with Crippen molar-refractivity contribution in [3.63, 3.8) is 0 Å². The number of phosphoric ester groups is 1. The fourth-order valence-electron chi connectivity index (χ4n) is 8.18. The monoisotopic (exact) mass is 945 g/mol. The van der Waals surface area contributed by atoms with Gasteiger partial charge in [-0.3, -0.25) is 18.6 Å². The van der Waals surface area contributed by atoms with Crippen LogP contribution in [0, 0.1) is 0 Å². The Morgan fingerprint density at radius 3 is 1.15 bits per heavy atom. The van der Waals surface area contributed by atoms with Gasteiger partial charge in [-0.25, -0.2) is 4.57 Å². The first-order valence-electron chi connectivity index (χ1n) is 27.6. The summed E-state index contributed by atoms with van der Waals surface area (Å²) in [5.74, 6) is -0.942. The average Bonchev–Trinajstić information content (AvgIpc) is 3.30. The molecule has 0 aliphatic heterocycles. The lowest BCUT2D eigenvalue weighted by molar-refractivity contribution is -0.161. The van der Waals surface area contributed by atoms with E-state index in [9.17, 15) is 24.2 Å². The Morgan fingerprint density at radius 1 is 0.446 bits per heavy atom. The number of aliphatic hydroxyl groups excluding tert-OH is 2. The van der Waals surface area contributed by atoms with Crippen LogP contribution in [0.15, 0.2) is 12.2 Å². The molecule has 0 aromatic rings. The number of aliphatic hydroxyl groups is 2. The highest BCUT2D eigenvalue weighted by atomic mass is 31.2. The van der Waals surface area contributed by atoms with Crippen LogP contribution in [0.3, 0.4) is 0 Å². The van der Waals surface area contributed by atoms with Crippen molar-refractivity contribution in [2.75, 3.05) is 26.4 Å². The molecule has 3 atom stereocenters. The Hall–Kier alpha value is -1.29. The van der Waals surface area contributed by atoms with Gasteiger partial charge < -0.3 is 24.6 Å². The first-order chi connectivity index (χ1) is 31.7. The van der Waals surface area contributed by atoms with Crippen molar-refractivity contribution in [1.29, 1.82) is 0 Å². The number of carbonyl (C=O) groups excluding carboxylic acids is 2. The van der Waals surface area contributed by atoms with Crippen LogP contribution in [0.25, 0.3) is 0 Å². The number of ether oxygens (including phenoxy) is 2. The van der Waals surface area contributed by atoms with E-state index in [-0.39, 0.29) is 19.4 Å². The zero-order chi connectivity index (χ0) is 47.6. The van der Waals surface area contributed by atoms with Crippen LogP contribution < -0.4 is 0 Å². The first kappa shape index (κ1) is 63.7. The summed E-state index contributed by atoms with van der Waals surface area (Å²) in [4.78, 5) is 35.2. The van der Waals surface area contributed by atoms with Gasteiger partial charge >= 0.3 is 19.8 Å². The number of hydrogen-bond donors (Lipinski definition) is 3. The third-order valence-electron chi connectivity index (χ3n) is 12.4. The van der Waals surface area contributed by atoms with Crippen LogP contribution in [0.2, 0.25) is 0 Å². The average molecular weight is 945 g/mol. The summed E-state index contributed by atoms with van der Waals surface area (Å²) in [5.41, 5.74) is 0. The van der Waals surface area contributed by atoms with Gasteiger partial charge in [0.15, 0.2) is 6.10 Å². The molecule has 65 heavy (non-hydrogen) atoms. The van der Waals surface area contributed by atoms with Gasteiger partial charge in [0.2, 0.25) is 0 Å². The molecule has 10 nitrogen and oxygen atoms in total. The van der Waals surface area contributed by atoms with Crippen molar-refractivity contribution in [2.24, 2.45) is 0 Å². The lowest BCUT2D eigenvalue weighted by Gasteiger charge is -2.20. The predicted molar refractivity (Wildman–Crippen MR) is 270 cm³/mol. The maximum atomic E-state index is 12.7. The molecule has 0 aromatic heterocycles. The normalized spacial score (nSPS) is 13.6. The molecule has 11 heteroatoms. The molecule has 0 spiro atoms. The van der Waals surface area contributed by atoms with Crippen molar-refractivity contribution in [2.45, 2.75) is 296 Å². The van der Waals surface area contributed by atoms with E-state index >= 15 is 0 Å². The zero-order valence-corrected chi connectivity index (χ0v) is 43.4. The number of unbranched alkanes of at least 4 members (excludes halogenated alkanes) is 37. The van der Waals surface area contributed by atoms with E-state index in [1.807, 2.05) is 0 Å². The Kier molecular flexibility index (Phi) is 49.6. The molecule has 0 radical (unpaired) electrons. The molecule has 0 aliphatic carbocycles. The van der Waals surface area contributed by atoms with Gasteiger partial charge in [0.05, 0.1) is 19.8 Å². The minimum absolute atomic E-state index is 0.142. The van der Waals surface area contributed by atoms with Crippen LogP contribution in [-0.4, -0.2) is 65.7 Å². The van der Waals surface area contributed by atoms with Gasteiger partial charge in [-0.2, -0.15) is 0 Å². The lowest BCUT2D eigenvalue weighted by Crippen LogP contribution is -2.29. The SMILES string of the molecule is CCCCCCCCCCCCCCCCCCCC/C=C/CCCC(=O)O[C@H](COC(=O)CCCCCCCCCCCCCCCCCCCCC)COP(=O)(O)OC[C@@H](O)CO. The summed E-state index contributed by atoms with van der Waals surface area (Å²) in [6.45, 7) is 2.43. The number of rotatable bonds is 53. The third kappa shape index (κ3) is 50.4. The van der Waals surface area contributed by atoms with Gasteiger partial charge in [0.1, 0.15) is 12.7 Å². The van der Waals surface area contributed by atoms with Crippen LogP contribution in [-0.2, 0) is 32.7 Å². The van der Waals surface area contributed by atoms with Gasteiger partial charge in [-0.05, 0) is 32.1 Å². The Bertz CT molecular complexity index is 1090. The van der Waals surface area contributed by atoms with Crippen molar-refractivity contribution < 1.29 is 47.8 Å². The van der Waals surface area contributed by atoms with Crippen LogP contribution in [0.4, 0.5) is 0 Å². The largest absolute Gasteiger partial charge is 0.472 e. The highest BCUT2D eigenvalue weighted by molar-refractivity contribution is 7.47. The highest BCUT2D eigenvalue weighted by Gasteiger charge is 2.27. The molecule has 0 rings (SSSR count). The van der Waals surface area contributed by atoms with Gasteiger partial charge in [-0.15, -0.1) is 0 Å². The number of carbonyl (C=O) groups is 2. The lowest BCUT2D eigenvalue weighted by atomic mass is 10.0. The van der Waals surface area contributed by atoms with Gasteiger partial charge in [0.25, 0.3) is 0 Å². The topological polar surface area (TPSA) is 149 Å². The second-order valence-corrected chi connectivity index (χ2v) is 20.4. The van der Waals surface area contributed by atoms with Crippen LogP contribution >= 0.6 is 7.82 Å². The van der Waals surface area contributed by atoms with Crippen LogP contribution in [0.5, 0.6) is 0 Å². The summed E-state index contributed by atoms with van der Waals surface area (Å²) in [7, 11) is -4.63. The molecule has 0 fully saturated rings. The molecule has 0 amide bonds. The highest BCUT2D eigenvalue weighted by Crippen LogP contribution is 2.43. The molecular weight excluding hydrogens is 840 g/mol. The van der Waals surface area contributed by atoms with E-state index in [1.54, 1.807) is 0 Å². The maximum absolute atomic E-state index is 12.7. The van der Waals surface area contributed by atoms with Crippen molar-refractivity contribution in [3.05, 3.63) is 12.2 Å². The quantitative estimate of drug-likeness (QED) is 0.0233. The zero-order valence-electron chi connectivity index (χ0n) is 42.5. The molecule has 0 saturated heterocycles. The van der Waals surface area contributed by atoms with E-state index in [4.69, 9.17) is 23.6 Å². The summed E-state index contributed by atoms with van der Waals surface area (Å²) in [5, 5.41) is 18.4. The Balaban J connectivity index is 4.12. The maximum Gasteiger partial charge on any atom is 0.472 e. The third-order valence-corrected chi connectivity index (χ3v) is 13.4. The molecule has 3 N–H and O–H groups in total. The van der Waals surface area contributed by atoms with E-state index in [1.165, 1.54) is 212 Å². The summed E-state index contributed by atoms with van der Waals surface area (Å²) >= 11 is 0. The number of hydrogen-bond acceptors (Lipinski definition) is 9.